The molecule has 0 spiro atoms. The van der Waals surface area contributed by atoms with Crippen LogP contribution in [0.25, 0.3) is 11.3 Å². The molecule has 2 rings (SSSR count). The van der Waals surface area contributed by atoms with Gasteiger partial charge in [0.25, 0.3) is 0 Å². The first-order valence-electron chi connectivity index (χ1n) is 5.26. The molecular formula is C11H6F6N2S2. The van der Waals surface area contributed by atoms with Crippen molar-refractivity contribution in [3.63, 3.8) is 0 Å². The summed E-state index contributed by atoms with van der Waals surface area (Å²) >= 11 is -0.0583. The van der Waals surface area contributed by atoms with Gasteiger partial charge in [0, 0.05) is 10.5 Å². The van der Waals surface area contributed by atoms with Gasteiger partial charge in [-0.2, -0.15) is 26.3 Å². The van der Waals surface area contributed by atoms with Gasteiger partial charge in [-0.1, -0.05) is 23.5 Å². The molecule has 0 bridgehead atoms. The number of nitrogen functional groups attached to an aromatic ring is 1. The standard InChI is InChI=1S/C11H6F6N2S2/c12-10(13,14)8-7(19-9(18)20-8)5-1-3-6(4-2-5)21-11(15,16)17/h1-4H,(H2,18,19). The number of halogens is 6. The molecule has 114 valence electrons. The Hall–Kier alpha value is -1.42. The molecule has 0 atom stereocenters. The second-order valence-electron chi connectivity index (χ2n) is 3.80. The summed E-state index contributed by atoms with van der Waals surface area (Å²) in [7, 11) is 0. The molecule has 0 aliphatic heterocycles. The van der Waals surface area contributed by atoms with E-state index in [1.165, 1.54) is 0 Å². The number of nitrogens with two attached hydrogens (primary N) is 1. The van der Waals surface area contributed by atoms with Crippen molar-refractivity contribution in [1.29, 1.82) is 0 Å². The summed E-state index contributed by atoms with van der Waals surface area (Å²) < 4.78 is 75.0. The third-order valence-corrected chi connectivity index (χ3v) is 3.93. The lowest BCUT2D eigenvalue weighted by Crippen LogP contribution is -2.04. The van der Waals surface area contributed by atoms with Crippen molar-refractivity contribution in [3.05, 3.63) is 29.1 Å². The molecule has 0 aliphatic carbocycles. The van der Waals surface area contributed by atoms with Gasteiger partial charge in [-0.25, -0.2) is 4.98 Å². The van der Waals surface area contributed by atoms with E-state index in [2.05, 4.69) is 4.98 Å². The van der Waals surface area contributed by atoms with Crippen molar-refractivity contribution in [2.75, 3.05) is 5.73 Å². The van der Waals surface area contributed by atoms with Crippen LogP contribution in [0.15, 0.2) is 29.2 Å². The van der Waals surface area contributed by atoms with E-state index in [-0.39, 0.29) is 44.4 Å². The highest BCUT2D eigenvalue weighted by Gasteiger charge is 2.37. The van der Waals surface area contributed by atoms with Crippen LogP contribution in [0, 0.1) is 0 Å². The predicted molar refractivity (Wildman–Crippen MR) is 68.9 cm³/mol. The largest absolute Gasteiger partial charge is 0.446 e. The number of thioether (sulfide) groups is 1. The molecule has 0 saturated carbocycles. The van der Waals surface area contributed by atoms with E-state index in [0.717, 1.165) is 24.3 Å². The highest BCUT2D eigenvalue weighted by atomic mass is 32.2. The number of alkyl halides is 6. The van der Waals surface area contributed by atoms with Crippen LogP contribution in [0.2, 0.25) is 0 Å². The summed E-state index contributed by atoms with van der Waals surface area (Å²) in [6, 6.07) is 4.47. The topological polar surface area (TPSA) is 38.9 Å². The average molecular weight is 344 g/mol. The van der Waals surface area contributed by atoms with Crippen molar-refractivity contribution in [2.24, 2.45) is 0 Å². The number of thiazole rings is 1. The Balaban J connectivity index is 2.36. The first-order valence-corrected chi connectivity index (χ1v) is 6.89. The van der Waals surface area contributed by atoms with Crippen LogP contribution in [0.1, 0.15) is 4.88 Å². The van der Waals surface area contributed by atoms with Gasteiger partial charge in [0.15, 0.2) is 5.13 Å². The van der Waals surface area contributed by atoms with Gasteiger partial charge in [-0.05, 0) is 23.9 Å². The van der Waals surface area contributed by atoms with Gasteiger partial charge in [0.05, 0.1) is 5.69 Å². The van der Waals surface area contributed by atoms with E-state index in [1.807, 2.05) is 0 Å². The molecule has 0 radical (unpaired) electrons. The zero-order valence-electron chi connectivity index (χ0n) is 9.92. The molecule has 2 aromatic rings. The average Bonchev–Trinajstić information content (AvgIpc) is 2.70. The number of hydrogen-bond acceptors (Lipinski definition) is 4. The Morgan fingerprint density at radius 3 is 2.05 bits per heavy atom. The van der Waals surface area contributed by atoms with E-state index in [1.54, 1.807) is 0 Å². The fourth-order valence-electron chi connectivity index (χ4n) is 1.54. The van der Waals surface area contributed by atoms with Crippen molar-refractivity contribution < 1.29 is 26.3 Å². The maximum Gasteiger partial charge on any atom is 0.446 e. The van der Waals surface area contributed by atoms with Crippen LogP contribution in [0.3, 0.4) is 0 Å². The first kappa shape index (κ1) is 16.0. The molecule has 0 fully saturated rings. The zero-order valence-corrected chi connectivity index (χ0v) is 11.6. The third kappa shape index (κ3) is 4.03. The molecule has 21 heavy (non-hydrogen) atoms. The van der Waals surface area contributed by atoms with Crippen molar-refractivity contribution in [1.82, 2.24) is 4.98 Å². The Kier molecular flexibility index (Phi) is 4.11. The molecule has 2 N–H and O–H groups in total. The van der Waals surface area contributed by atoms with E-state index < -0.39 is 16.6 Å². The molecule has 1 aromatic heterocycles. The van der Waals surface area contributed by atoms with Crippen molar-refractivity contribution in [3.8, 4) is 11.3 Å². The van der Waals surface area contributed by atoms with Crippen LogP contribution in [0.4, 0.5) is 31.5 Å². The summed E-state index contributed by atoms with van der Waals surface area (Å²) in [6.45, 7) is 0. The first-order chi connectivity index (χ1) is 9.56. The van der Waals surface area contributed by atoms with Gasteiger partial charge >= 0.3 is 11.7 Å². The molecular weight excluding hydrogens is 338 g/mol. The quantitative estimate of drug-likeness (QED) is 0.614. The number of benzene rings is 1. The van der Waals surface area contributed by atoms with Crippen LogP contribution < -0.4 is 5.73 Å². The Morgan fingerprint density at radius 1 is 1.00 bits per heavy atom. The predicted octanol–water partition coefficient (Wildman–Crippen LogP) is 5.02. The van der Waals surface area contributed by atoms with E-state index >= 15 is 0 Å². The zero-order chi connectivity index (χ0) is 15.8. The summed E-state index contributed by atoms with van der Waals surface area (Å²) in [6.07, 6.45) is -4.62. The van der Waals surface area contributed by atoms with Crippen LogP contribution >= 0.6 is 23.1 Å². The molecule has 0 amide bonds. The maximum absolute atomic E-state index is 12.8. The van der Waals surface area contributed by atoms with E-state index in [9.17, 15) is 26.3 Å². The fourth-order valence-corrected chi connectivity index (χ4v) is 2.80. The molecule has 0 saturated heterocycles. The number of aromatic nitrogens is 1. The third-order valence-electron chi connectivity index (χ3n) is 2.26. The summed E-state index contributed by atoms with van der Waals surface area (Å²) in [4.78, 5) is 2.50. The Bertz CT molecular complexity index is 630. The van der Waals surface area contributed by atoms with Gasteiger partial charge in [0.2, 0.25) is 0 Å². The van der Waals surface area contributed by atoms with Crippen LogP contribution in [-0.2, 0) is 6.18 Å². The molecule has 0 unspecified atom stereocenters. The maximum atomic E-state index is 12.8. The number of hydrogen-bond donors (Lipinski definition) is 1. The number of rotatable bonds is 2. The second-order valence-corrected chi connectivity index (χ2v) is 5.97. The van der Waals surface area contributed by atoms with Crippen molar-refractivity contribution >= 4 is 28.2 Å². The smallest absolute Gasteiger partial charge is 0.375 e. The molecule has 2 nitrogen and oxygen atoms in total. The normalized spacial score (nSPS) is 12.7. The summed E-state index contributed by atoms with van der Waals surface area (Å²) in [5.41, 5.74) is 0.503. The minimum atomic E-state index is -4.62. The van der Waals surface area contributed by atoms with E-state index in [0.29, 0.717) is 0 Å². The lowest BCUT2D eigenvalue weighted by molar-refractivity contribution is -0.134. The SMILES string of the molecule is Nc1nc(-c2ccc(SC(F)(F)F)cc2)c(C(F)(F)F)s1. The van der Waals surface area contributed by atoms with Crippen molar-refractivity contribution in [2.45, 2.75) is 16.6 Å². The number of nitrogens with zero attached hydrogens (tertiary/aromatic N) is 1. The van der Waals surface area contributed by atoms with Gasteiger partial charge in [-0.3, -0.25) is 0 Å². The second kappa shape index (κ2) is 5.41. The van der Waals surface area contributed by atoms with Gasteiger partial charge in [-0.15, -0.1) is 0 Å². The summed E-state index contributed by atoms with van der Waals surface area (Å²) in [5, 5.41) is -0.258. The molecule has 0 aliphatic rings. The molecule has 1 heterocycles. The van der Waals surface area contributed by atoms with E-state index in [4.69, 9.17) is 5.73 Å². The molecule has 1 aromatic carbocycles. The Labute approximate surface area is 123 Å². The number of anilines is 1. The highest BCUT2D eigenvalue weighted by molar-refractivity contribution is 8.00. The highest BCUT2D eigenvalue weighted by Crippen LogP contribution is 2.42. The monoisotopic (exact) mass is 344 g/mol. The lowest BCUT2D eigenvalue weighted by atomic mass is 10.1. The van der Waals surface area contributed by atoms with Gasteiger partial charge < -0.3 is 5.73 Å². The fraction of sp³-hybridized carbons (Fsp3) is 0.182. The molecule has 10 heteroatoms. The van der Waals surface area contributed by atoms with Gasteiger partial charge in [0.1, 0.15) is 4.88 Å². The Morgan fingerprint density at radius 2 is 1.57 bits per heavy atom. The van der Waals surface area contributed by atoms with Crippen LogP contribution in [-0.4, -0.2) is 10.5 Å². The minimum absolute atomic E-state index is 0.0572. The lowest BCUT2D eigenvalue weighted by Gasteiger charge is -2.08. The minimum Gasteiger partial charge on any atom is -0.375 e. The summed E-state index contributed by atoms with van der Waals surface area (Å²) in [5.74, 6) is 0. The van der Waals surface area contributed by atoms with Crippen LogP contribution in [0.5, 0.6) is 0 Å².